The van der Waals surface area contributed by atoms with E-state index in [1.165, 1.54) is 0 Å². The van der Waals surface area contributed by atoms with E-state index in [0.29, 0.717) is 17.9 Å². The van der Waals surface area contributed by atoms with E-state index in [0.717, 1.165) is 41.5 Å². The van der Waals surface area contributed by atoms with E-state index in [1.54, 1.807) is 11.8 Å². The van der Waals surface area contributed by atoms with Gasteiger partial charge >= 0.3 is 0 Å². The summed E-state index contributed by atoms with van der Waals surface area (Å²) >= 11 is 3.52. The number of hydrogen-bond donors (Lipinski definition) is 0. The maximum atomic E-state index is 12.5. The second kappa shape index (κ2) is 6.73. The third-order valence-electron chi connectivity index (χ3n) is 4.20. The molecule has 1 aliphatic rings. The van der Waals surface area contributed by atoms with Gasteiger partial charge in [0.25, 0.3) is 0 Å². The van der Waals surface area contributed by atoms with Gasteiger partial charge in [0.2, 0.25) is 5.91 Å². The average Bonchev–Trinajstić information content (AvgIpc) is 2.45. The molecule has 114 valence electrons. The first kappa shape index (κ1) is 16.2. The summed E-state index contributed by atoms with van der Waals surface area (Å²) in [5, 5.41) is 0. The van der Waals surface area contributed by atoms with Crippen LogP contribution < -0.4 is 4.90 Å². The van der Waals surface area contributed by atoms with Crippen LogP contribution >= 0.6 is 15.9 Å². The number of nitrogens with zero attached hydrogens (tertiary/aromatic N) is 1. The Morgan fingerprint density at radius 2 is 2.10 bits per heavy atom. The van der Waals surface area contributed by atoms with Crippen molar-refractivity contribution < 1.29 is 9.59 Å². The smallest absolute Gasteiger partial charge is 0.223 e. The molecule has 1 unspecified atom stereocenters. The predicted octanol–water partition coefficient (Wildman–Crippen LogP) is 4.37. The summed E-state index contributed by atoms with van der Waals surface area (Å²) in [7, 11) is 0. The van der Waals surface area contributed by atoms with Gasteiger partial charge in [-0.15, -0.1) is 0 Å². The van der Waals surface area contributed by atoms with Crippen LogP contribution in [0.4, 0.5) is 5.69 Å². The van der Waals surface area contributed by atoms with Crippen molar-refractivity contribution in [2.45, 2.75) is 46.5 Å². The molecule has 21 heavy (non-hydrogen) atoms. The average molecular weight is 352 g/mol. The molecule has 3 nitrogen and oxygen atoms in total. The number of amides is 1. The Kier molecular flexibility index (Phi) is 5.20. The van der Waals surface area contributed by atoms with Crippen molar-refractivity contribution in [3.63, 3.8) is 0 Å². The highest BCUT2D eigenvalue weighted by molar-refractivity contribution is 9.10. The Hall–Kier alpha value is -1.16. The minimum Gasteiger partial charge on any atom is -0.312 e. The summed E-state index contributed by atoms with van der Waals surface area (Å²) in [6.45, 7) is 6.50. The van der Waals surface area contributed by atoms with Crippen molar-refractivity contribution in [1.29, 1.82) is 0 Å². The lowest BCUT2D eigenvalue weighted by Crippen LogP contribution is -2.33. The van der Waals surface area contributed by atoms with Gasteiger partial charge in [-0.05, 0) is 36.5 Å². The standard InChI is InChI=1S/C17H22BrNO2/c1-4-11(2)8-17(21)14-10-16-13(9-15(14)18)6-5-7-19(16)12(3)20/h9-11H,4-8H2,1-3H3. The van der Waals surface area contributed by atoms with E-state index in [4.69, 9.17) is 0 Å². The lowest BCUT2D eigenvalue weighted by atomic mass is 9.94. The number of fused-ring (bicyclic) bond motifs is 1. The number of halogens is 1. The van der Waals surface area contributed by atoms with Crippen LogP contribution in [-0.2, 0) is 11.2 Å². The van der Waals surface area contributed by atoms with Gasteiger partial charge in [-0.2, -0.15) is 0 Å². The van der Waals surface area contributed by atoms with E-state index in [2.05, 4.69) is 29.8 Å². The van der Waals surface area contributed by atoms with Crippen LogP contribution in [0.15, 0.2) is 16.6 Å². The molecule has 1 aromatic carbocycles. The first-order valence-corrected chi connectivity index (χ1v) is 8.37. The van der Waals surface area contributed by atoms with E-state index >= 15 is 0 Å². The monoisotopic (exact) mass is 351 g/mol. The van der Waals surface area contributed by atoms with Gasteiger partial charge in [-0.25, -0.2) is 0 Å². The number of benzene rings is 1. The number of anilines is 1. The van der Waals surface area contributed by atoms with Gasteiger partial charge in [0, 0.05) is 35.6 Å². The molecule has 1 aromatic rings. The lowest BCUT2D eigenvalue weighted by molar-refractivity contribution is -0.116. The van der Waals surface area contributed by atoms with E-state index < -0.39 is 0 Å². The molecule has 0 saturated heterocycles. The number of carbonyl (C=O) groups is 2. The third-order valence-corrected chi connectivity index (χ3v) is 4.85. The number of hydrogen-bond acceptors (Lipinski definition) is 2. The molecule has 0 aromatic heterocycles. The number of aryl methyl sites for hydroxylation is 1. The van der Waals surface area contributed by atoms with Gasteiger partial charge < -0.3 is 4.90 Å². The van der Waals surface area contributed by atoms with Crippen molar-refractivity contribution in [1.82, 2.24) is 0 Å². The fourth-order valence-corrected chi connectivity index (χ4v) is 3.33. The Balaban J connectivity index is 2.38. The molecule has 0 N–H and O–H groups in total. The fraction of sp³-hybridized carbons (Fsp3) is 0.529. The first-order chi connectivity index (χ1) is 9.93. The maximum Gasteiger partial charge on any atom is 0.223 e. The summed E-state index contributed by atoms with van der Waals surface area (Å²) in [5.74, 6) is 0.566. The summed E-state index contributed by atoms with van der Waals surface area (Å²) in [4.78, 5) is 26.0. The van der Waals surface area contributed by atoms with Crippen molar-refractivity contribution >= 4 is 33.3 Å². The second-order valence-electron chi connectivity index (χ2n) is 5.88. The van der Waals surface area contributed by atoms with Crippen LogP contribution in [0.25, 0.3) is 0 Å². The minimum atomic E-state index is 0.0404. The molecule has 0 saturated carbocycles. The molecule has 1 heterocycles. The topological polar surface area (TPSA) is 37.4 Å². The summed E-state index contributed by atoms with van der Waals surface area (Å²) in [6.07, 6.45) is 3.47. The van der Waals surface area contributed by atoms with Crippen molar-refractivity contribution in [2.24, 2.45) is 5.92 Å². The Morgan fingerprint density at radius 3 is 2.71 bits per heavy atom. The Labute approximate surface area is 134 Å². The third kappa shape index (κ3) is 3.54. The van der Waals surface area contributed by atoms with E-state index in [1.807, 2.05) is 12.1 Å². The molecular weight excluding hydrogens is 330 g/mol. The molecule has 2 rings (SSSR count). The van der Waals surface area contributed by atoms with Gasteiger partial charge in [0.05, 0.1) is 0 Å². The van der Waals surface area contributed by atoms with Crippen LogP contribution in [0.1, 0.15) is 56.0 Å². The maximum absolute atomic E-state index is 12.5. The highest BCUT2D eigenvalue weighted by Crippen LogP contribution is 2.33. The lowest BCUT2D eigenvalue weighted by Gasteiger charge is -2.29. The molecule has 1 aliphatic heterocycles. The molecule has 1 amide bonds. The van der Waals surface area contributed by atoms with Gasteiger partial charge in [-0.1, -0.05) is 36.2 Å². The Morgan fingerprint density at radius 1 is 1.38 bits per heavy atom. The molecule has 4 heteroatoms. The Bertz CT molecular complexity index is 568. The fourth-order valence-electron chi connectivity index (χ4n) is 2.71. The first-order valence-electron chi connectivity index (χ1n) is 7.57. The van der Waals surface area contributed by atoms with Crippen molar-refractivity contribution in [3.8, 4) is 0 Å². The second-order valence-corrected chi connectivity index (χ2v) is 6.73. The molecule has 0 radical (unpaired) electrons. The number of Topliss-reactive ketones (excluding diaryl/α,β-unsaturated/α-hetero) is 1. The van der Waals surface area contributed by atoms with Crippen LogP contribution in [0.5, 0.6) is 0 Å². The predicted molar refractivity (Wildman–Crippen MR) is 88.9 cm³/mol. The largest absolute Gasteiger partial charge is 0.312 e. The molecular formula is C17H22BrNO2. The zero-order valence-corrected chi connectivity index (χ0v) is 14.5. The molecule has 0 fully saturated rings. The SMILES string of the molecule is CCC(C)CC(=O)c1cc2c(cc1Br)CCCN2C(C)=O. The molecule has 1 atom stereocenters. The van der Waals surface area contributed by atoms with Crippen LogP contribution in [0, 0.1) is 5.92 Å². The minimum absolute atomic E-state index is 0.0404. The quantitative estimate of drug-likeness (QED) is 0.755. The zero-order chi connectivity index (χ0) is 15.6. The van der Waals surface area contributed by atoms with Crippen LogP contribution in [-0.4, -0.2) is 18.2 Å². The summed E-state index contributed by atoms with van der Waals surface area (Å²) in [6, 6.07) is 3.90. The molecule has 0 spiro atoms. The number of ketones is 1. The summed E-state index contributed by atoms with van der Waals surface area (Å²) in [5.41, 5.74) is 2.75. The van der Waals surface area contributed by atoms with E-state index in [9.17, 15) is 9.59 Å². The number of rotatable bonds is 4. The molecule has 0 aliphatic carbocycles. The van der Waals surface area contributed by atoms with Crippen molar-refractivity contribution in [2.75, 3.05) is 11.4 Å². The van der Waals surface area contributed by atoms with Crippen LogP contribution in [0.3, 0.4) is 0 Å². The normalized spacial score (nSPS) is 15.5. The molecule has 0 bridgehead atoms. The van der Waals surface area contributed by atoms with Gasteiger partial charge in [-0.3, -0.25) is 9.59 Å². The van der Waals surface area contributed by atoms with E-state index in [-0.39, 0.29) is 11.7 Å². The van der Waals surface area contributed by atoms with Crippen molar-refractivity contribution in [3.05, 3.63) is 27.7 Å². The number of carbonyl (C=O) groups excluding carboxylic acids is 2. The van der Waals surface area contributed by atoms with Crippen LogP contribution in [0.2, 0.25) is 0 Å². The summed E-state index contributed by atoms with van der Waals surface area (Å²) < 4.78 is 0.847. The van der Waals surface area contributed by atoms with Gasteiger partial charge in [0.1, 0.15) is 0 Å². The van der Waals surface area contributed by atoms with Gasteiger partial charge in [0.15, 0.2) is 5.78 Å². The highest BCUT2D eigenvalue weighted by atomic mass is 79.9. The highest BCUT2D eigenvalue weighted by Gasteiger charge is 2.23. The zero-order valence-electron chi connectivity index (χ0n) is 12.9.